The van der Waals surface area contributed by atoms with E-state index in [1.165, 1.54) is 81.6 Å². The molecule has 2 heteroatoms. The van der Waals surface area contributed by atoms with Crippen LogP contribution in [0.25, 0.3) is 92.8 Å². The fraction of sp³-hybridized carbons (Fsp3) is 0. The molecule has 10 rings (SSSR count). The van der Waals surface area contributed by atoms with Gasteiger partial charge in [0.2, 0.25) is 0 Å². The summed E-state index contributed by atoms with van der Waals surface area (Å²) in [5, 5.41) is 12.5. The van der Waals surface area contributed by atoms with Crippen molar-refractivity contribution in [1.82, 2.24) is 9.55 Å². The van der Waals surface area contributed by atoms with Gasteiger partial charge in [-0.3, -0.25) is 4.98 Å². The topological polar surface area (TPSA) is 17.8 Å². The molecule has 0 radical (unpaired) electrons. The number of fused-ring (bicyclic) bond motifs is 7. The minimum absolute atomic E-state index is 1.12. The van der Waals surface area contributed by atoms with Gasteiger partial charge < -0.3 is 4.57 Å². The third-order valence-electron chi connectivity index (χ3n) is 9.84. The molecule has 0 aliphatic carbocycles. The Labute approximate surface area is 271 Å². The molecule has 0 bridgehead atoms. The summed E-state index contributed by atoms with van der Waals surface area (Å²) in [5.74, 6) is 0. The molecule has 0 spiro atoms. The number of para-hydroxylation sites is 1. The Kier molecular flexibility index (Phi) is 5.61. The van der Waals surface area contributed by atoms with E-state index < -0.39 is 0 Å². The molecule has 0 N–H and O–H groups in total. The van der Waals surface area contributed by atoms with Crippen molar-refractivity contribution in [3.8, 4) is 27.9 Å². The van der Waals surface area contributed by atoms with Crippen molar-refractivity contribution in [2.75, 3.05) is 0 Å². The van der Waals surface area contributed by atoms with Gasteiger partial charge in [0.05, 0.1) is 17.2 Å². The third-order valence-corrected chi connectivity index (χ3v) is 9.84. The van der Waals surface area contributed by atoms with Crippen LogP contribution in [0.2, 0.25) is 0 Å². The molecular weight excluding hydrogens is 569 g/mol. The Hall–Kier alpha value is -6.25. The van der Waals surface area contributed by atoms with Crippen molar-refractivity contribution in [3.63, 3.8) is 0 Å². The fourth-order valence-electron chi connectivity index (χ4n) is 7.80. The predicted molar refractivity (Wildman–Crippen MR) is 199 cm³/mol. The van der Waals surface area contributed by atoms with Gasteiger partial charge in [0, 0.05) is 22.7 Å². The summed E-state index contributed by atoms with van der Waals surface area (Å²) in [5.41, 5.74) is 8.52. The van der Waals surface area contributed by atoms with Crippen molar-refractivity contribution in [3.05, 3.63) is 170 Å². The van der Waals surface area contributed by atoms with Crippen LogP contribution in [0.4, 0.5) is 0 Å². The number of nitrogens with zero attached hydrogens (tertiary/aromatic N) is 2. The molecule has 0 fully saturated rings. The van der Waals surface area contributed by atoms with Crippen LogP contribution in [0, 0.1) is 0 Å². The number of benzene rings is 8. The normalized spacial score (nSPS) is 11.8. The first-order chi connectivity index (χ1) is 23.3. The smallest absolute Gasteiger partial charge is 0.0724 e. The van der Waals surface area contributed by atoms with E-state index in [2.05, 4.69) is 167 Å². The summed E-state index contributed by atoms with van der Waals surface area (Å²) in [7, 11) is 0. The minimum atomic E-state index is 1.12. The second-order valence-corrected chi connectivity index (χ2v) is 12.4. The molecule has 2 aromatic heterocycles. The number of hydrogen-bond donors (Lipinski definition) is 0. The first-order valence-electron chi connectivity index (χ1n) is 16.1. The summed E-state index contributed by atoms with van der Waals surface area (Å²) in [6.45, 7) is 0. The van der Waals surface area contributed by atoms with E-state index in [-0.39, 0.29) is 0 Å². The van der Waals surface area contributed by atoms with Crippen LogP contribution in [0.15, 0.2) is 170 Å². The molecule has 0 amide bonds. The van der Waals surface area contributed by atoms with Crippen LogP contribution < -0.4 is 0 Å². The summed E-state index contributed by atoms with van der Waals surface area (Å²) in [4.78, 5) is 4.47. The molecule has 47 heavy (non-hydrogen) atoms. The molecule has 2 nitrogen and oxygen atoms in total. The summed E-state index contributed by atoms with van der Waals surface area (Å²) < 4.78 is 2.33. The minimum Gasteiger partial charge on any atom is -0.308 e. The number of pyridine rings is 1. The molecule has 0 aliphatic rings. The highest BCUT2D eigenvalue weighted by atomic mass is 15.0. The van der Waals surface area contributed by atoms with Gasteiger partial charge in [-0.1, -0.05) is 127 Å². The Morgan fingerprint density at radius 1 is 0.383 bits per heavy atom. The maximum Gasteiger partial charge on any atom is 0.0724 e. The average Bonchev–Trinajstić information content (AvgIpc) is 3.48. The Morgan fingerprint density at radius 2 is 0.979 bits per heavy atom. The van der Waals surface area contributed by atoms with Crippen molar-refractivity contribution in [2.24, 2.45) is 0 Å². The first-order valence-corrected chi connectivity index (χ1v) is 16.1. The molecule has 0 saturated heterocycles. The standard InChI is InChI=1S/C45H28N2/c1-2-12-34-29(10-1)11-9-18-37(34)45-40-16-5-3-14-38(40)44(39-15-4-6-17-41(39)45)32-21-20-31-27-33(23-22-30(31)26-32)47-42-19-8-7-13-35(42)36-24-25-46-28-43(36)47/h1-28H. The zero-order chi connectivity index (χ0) is 30.9. The van der Waals surface area contributed by atoms with Gasteiger partial charge in [0.15, 0.2) is 0 Å². The Balaban J connectivity index is 1.20. The van der Waals surface area contributed by atoms with Gasteiger partial charge in [0.25, 0.3) is 0 Å². The molecule has 0 unspecified atom stereocenters. The van der Waals surface area contributed by atoms with E-state index in [0.29, 0.717) is 0 Å². The van der Waals surface area contributed by atoms with Crippen molar-refractivity contribution in [2.45, 2.75) is 0 Å². The highest BCUT2D eigenvalue weighted by Gasteiger charge is 2.18. The van der Waals surface area contributed by atoms with Crippen molar-refractivity contribution < 1.29 is 0 Å². The molecule has 0 aliphatic heterocycles. The number of hydrogen-bond acceptors (Lipinski definition) is 1. The zero-order valence-electron chi connectivity index (χ0n) is 25.6. The van der Waals surface area contributed by atoms with Crippen molar-refractivity contribution >= 4 is 64.9 Å². The summed E-state index contributed by atoms with van der Waals surface area (Å²) in [6, 6.07) is 57.7. The predicted octanol–water partition coefficient (Wildman–Crippen LogP) is 12.1. The van der Waals surface area contributed by atoms with Crippen LogP contribution >= 0.6 is 0 Å². The Morgan fingerprint density at radius 3 is 1.77 bits per heavy atom. The van der Waals surface area contributed by atoms with Crippen LogP contribution in [0.3, 0.4) is 0 Å². The molecule has 218 valence electrons. The van der Waals surface area contributed by atoms with Crippen LogP contribution in [0.5, 0.6) is 0 Å². The second kappa shape index (κ2) is 10.1. The average molecular weight is 597 g/mol. The van der Waals surface area contributed by atoms with Gasteiger partial charge in [-0.05, 0) is 95.7 Å². The fourth-order valence-corrected chi connectivity index (χ4v) is 7.80. The molecule has 0 saturated carbocycles. The van der Waals surface area contributed by atoms with E-state index in [0.717, 1.165) is 11.2 Å². The molecule has 0 atom stereocenters. The van der Waals surface area contributed by atoms with Gasteiger partial charge >= 0.3 is 0 Å². The number of aromatic nitrogens is 2. The molecule has 2 heterocycles. The van der Waals surface area contributed by atoms with E-state index in [1.54, 1.807) is 0 Å². The summed E-state index contributed by atoms with van der Waals surface area (Å²) in [6.07, 6.45) is 3.85. The lowest BCUT2D eigenvalue weighted by Crippen LogP contribution is -1.94. The highest BCUT2D eigenvalue weighted by Crippen LogP contribution is 2.45. The summed E-state index contributed by atoms with van der Waals surface area (Å²) >= 11 is 0. The van der Waals surface area contributed by atoms with Crippen molar-refractivity contribution in [1.29, 1.82) is 0 Å². The monoisotopic (exact) mass is 596 g/mol. The van der Waals surface area contributed by atoms with Crippen LogP contribution in [-0.2, 0) is 0 Å². The molecular formula is C45H28N2. The maximum absolute atomic E-state index is 4.47. The first kappa shape index (κ1) is 26.0. The Bertz CT molecular complexity index is 2740. The highest BCUT2D eigenvalue weighted by molar-refractivity contribution is 6.23. The zero-order valence-corrected chi connectivity index (χ0v) is 25.6. The molecule has 8 aromatic carbocycles. The van der Waals surface area contributed by atoms with E-state index >= 15 is 0 Å². The lowest BCUT2D eigenvalue weighted by molar-refractivity contribution is 1.17. The SMILES string of the molecule is c1ccc2c(-c3c4ccccc4c(-c4ccc5cc(-n6c7ccccc7c7ccncc76)ccc5c4)c4ccccc34)cccc2c1. The van der Waals surface area contributed by atoms with Gasteiger partial charge in [-0.2, -0.15) is 0 Å². The largest absolute Gasteiger partial charge is 0.308 e. The van der Waals surface area contributed by atoms with E-state index in [1.807, 2.05) is 12.4 Å². The van der Waals surface area contributed by atoms with E-state index in [9.17, 15) is 0 Å². The lowest BCUT2D eigenvalue weighted by Gasteiger charge is -2.19. The van der Waals surface area contributed by atoms with Gasteiger partial charge in [-0.15, -0.1) is 0 Å². The molecule has 10 aromatic rings. The second-order valence-electron chi connectivity index (χ2n) is 12.4. The quantitative estimate of drug-likeness (QED) is 0.186. The van der Waals surface area contributed by atoms with Gasteiger partial charge in [0.1, 0.15) is 0 Å². The van der Waals surface area contributed by atoms with Crippen LogP contribution in [-0.4, -0.2) is 9.55 Å². The number of rotatable bonds is 3. The van der Waals surface area contributed by atoms with Crippen LogP contribution in [0.1, 0.15) is 0 Å². The third kappa shape index (κ3) is 3.89. The maximum atomic E-state index is 4.47. The van der Waals surface area contributed by atoms with Gasteiger partial charge in [-0.25, -0.2) is 0 Å². The van der Waals surface area contributed by atoms with E-state index in [4.69, 9.17) is 0 Å². The lowest BCUT2D eigenvalue weighted by atomic mass is 9.84.